The number of carbonyl (C=O) groups is 1. The van der Waals surface area contributed by atoms with Crippen LogP contribution in [0.25, 0.3) is 0 Å². The zero-order chi connectivity index (χ0) is 13.4. The van der Waals surface area contributed by atoms with E-state index in [0.29, 0.717) is 13.2 Å². The third-order valence-electron chi connectivity index (χ3n) is 2.23. The molecule has 0 aromatic heterocycles. The van der Waals surface area contributed by atoms with Crippen molar-refractivity contribution in [3.8, 4) is 0 Å². The highest BCUT2D eigenvalue weighted by Gasteiger charge is 2.21. The van der Waals surface area contributed by atoms with Crippen molar-refractivity contribution >= 4 is 5.97 Å². The highest BCUT2D eigenvalue weighted by atomic mass is 16.6. The molecule has 0 bridgehead atoms. The Morgan fingerprint density at radius 3 is 2.67 bits per heavy atom. The van der Waals surface area contributed by atoms with Crippen molar-refractivity contribution in [3.05, 3.63) is 48.6 Å². The number of rotatable bonds is 7. The minimum absolute atomic E-state index is 0.402. The molecule has 1 aromatic rings. The molecule has 0 heterocycles. The Balaban J connectivity index is 2.24. The van der Waals surface area contributed by atoms with E-state index in [1.807, 2.05) is 30.3 Å². The lowest BCUT2D eigenvalue weighted by atomic mass is 10.1. The van der Waals surface area contributed by atoms with E-state index in [4.69, 9.17) is 9.57 Å². The van der Waals surface area contributed by atoms with Crippen LogP contribution in [0.1, 0.15) is 19.4 Å². The van der Waals surface area contributed by atoms with Gasteiger partial charge in [-0.3, -0.25) is 4.84 Å². The second-order valence-electron chi connectivity index (χ2n) is 4.48. The largest absolute Gasteiger partial charge is 0.455 e. The molecular formula is C14H19NO3. The van der Waals surface area contributed by atoms with E-state index in [1.165, 1.54) is 0 Å². The molecule has 0 radical (unpaired) electrons. The second kappa shape index (κ2) is 6.93. The number of hydroxylamine groups is 1. The van der Waals surface area contributed by atoms with Crippen LogP contribution in [0.3, 0.4) is 0 Å². The van der Waals surface area contributed by atoms with E-state index in [0.717, 1.165) is 11.6 Å². The molecule has 0 amide bonds. The Bertz CT molecular complexity index is 387. The SMILES string of the molecule is C=CC(=O)OC(C)(C)CNOCc1ccccc1. The fourth-order valence-corrected chi connectivity index (χ4v) is 1.28. The molecule has 1 N–H and O–H groups in total. The summed E-state index contributed by atoms with van der Waals surface area (Å²) < 4.78 is 5.14. The number of hydrogen-bond donors (Lipinski definition) is 1. The van der Waals surface area contributed by atoms with Gasteiger partial charge >= 0.3 is 5.97 Å². The van der Waals surface area contributed by atoms with E-state index in [1.54, 1.807) is 13.8 Å². The van der Waals surface area contributed by atoms with Crippen molar-refractivity contribution in [1.82, 2.24) is 5.48 Å². The third-order valence-corrected chi connectivity index (χ3v) is 2.23. The van der Waals surface area contributed by atoms with E-state index in [-0.39, 0.29) is 0 Å². The number of esters is 1. The van der Waals surface area contributed by atoms with Gasteiger partial charge in [-0.15, -0.1) is 0 Å². The number of benzene rings is 1. The molecule has 0 saturated carbocycles. The zero-order valence-corrected chi connectivity index (χ0v) is 10.8. The highest BCUT2D eigenvalue weighted by molar-refractivity contribution is 5.81. The predicted octanol–water partition coefficient (Wildman–Crippen LogP) is 2.22. The minimum Gasteiger partial charge on any atom is -0.455 e. The molecule has 98 valence electrons. The summed E-state index contributed by atoms with van der Waals surface area (Å²) in [6, 6.07) is 9.81. The average Bonchev–Trinajstić information content (AvgIpc) is 2.35. The molecule has 0 fully saturated rings. The van der Waals surface area contributed by atoms with Gasteiger partial charge in [0.2, 0.25) is 0 Å². The Morgan fingerprint density at radius 2 is 2.06 bits per heavy atom. The maximum Gasteiger partial charge on any atom is 0.330 e. The van der Waals surface area contributed by atoms with Crippen molar-refractivity contribution < 1.29 is 14.4 Å². The third kappa shape index (κ3) is 5.61. The van der Waals surface area contributed by atoms with Gasteiger partial charge in [0.25, 0.3) is 0 Å². The van der Waals surface area contributed by atoms with Crippen LogP contribution < -0.4 is 5.48 Å². The van der Waals surface area contributed by atoms with Crippen molar-refractivity contribution in [2.24, 2.45) is 0 Å². The molecule has 0 saturated heterocycles. The molecule has 0 spiro atoms. The van der Waals surface area contributed by atoms with Gasteiger partial charge in [0.1, 0.15) is 5.60 Å². The van der Waals surface area contributed by atoms with Crippen LogP contribution >= 0.6 is 0 Å². The van der Waals surface area contributed by atoms with Crippen LogP contribution in [0.2, 0.25) is 0 Å². The Labute approximate surface area is 108 Å². The van der Waals surface area contributed by atoms with Gasteiger partial charge in [-0.1, -0.05) is 36.9 Å². The van der Waals surface area contributed by atoms with Crippen LogP contribution in [-0.4, -0.2) is 18.1 Å². The van der Waals surface area contributed by atoms with Crippen molar-refractivity contribution in [1.29, 1.82) is 0 Å². The summed E-state index contributed by atoms with van der Waals surface area (Å²) in [5.74, 6) is -0.440. The topological polar surface area (TPSA) is 47.6 Å². The molecular weight excluding hydrogens is 230 g/mol. The summed E-state index contributed by atoms with van der Waals surface area (Å²) >= 11 is 0. The van der Waals surface area contributed by atoms with Crippen LogP contribution in [-0.2, 0) is 21.0 Å². The predicted molar refractivity (Wildman–Crippen MR) is 69.6 cm³/mol. The Morgan fingerprint density at radius 1 is 1.39 bits per heavy atom. The lowest BCUT2D eigenvalue weighted by molar-refractivity contribution is -0.152. The van der Waals surface area contributed by atoms with Crippen molar-refractivity contribution in [2.45, 2.75) is 26.1 Å². The summed E-state index contributed by atoms with van der Waals surface area (Å²) in [6.07, 6.45) is 1.15. The van der Waals surface area contributed by atoms with Gasteiger partial charge in [0.15, 0.2) is 0 Å². The summed E-state index contributed by atoms with van der Waals surface area (Å²) in [4.78, 5) is 16.4. The van der Waals surface area contributed by atoms with Crippen LogP contribution in [0.5, 0.6) is 0 Å². The molecule has 1 aromatic carbocycles. The summed E-state index contributed by atoms with van der Waals surface area (Å²) in [5.41, 5.74) is 3.23. The summed E-state index contributed by atoms with van der Waals surface area (Å²) in [7, 11) is 0. The first-order valence-electron chi connectivity index (χ1n) is 5.77. The first kappa shape index (κ1) is 14.4. The van der Waals surface area contributed by atoms with E-state index in [2.05, 4.69) is 12.1 Å². The maximum absolute atomic E-state index is 11.1. The monoisotopic (exact) mass is 249 g/mol. The molecule has 0 aliphatic carbocycles. The normalized spacial score (nSPS) is 11.0. The smallest absolute Gasteiger partial charge is 0.330 e. The molecule has 0 aliphatic rings. The van der Waals surface area contributed by atoms with Crippen molar-refractivity contribution in [2.75, 3.05) is 6.54 Å². The number of hydrogen-bond acceptors (Lipinski definition) is 4. The van der Waals surface area contributed by atoms with Gasteiger partial charge < -0.3 is 4.74 Å². The van der Waals surface area contributed by atoms with E-state index >= 15 is 0 Å². The maximum atomic E-state index is 11.1. The highest BCUT2D eigenvalue weighted by Crippen LogP contribution is 2.08. The lowest BCUT2D eigenvalue weighted by Gasteiger charge is -2.24. The van der Waals surface area contributed by atoms with Gasteiger partial charge in [0.05, 0.1) is 13.2 Å². The van der Waals surface area contributed by atoms with Crippen LogP contribution in [0.4, 0.5) is 0 Å². The number of carbonyl (C=O) groups excluding carboxylic acids is 1. The molecule has 18 heavy (non-hydrogen) atoms. The molecule has 4 heteroatoms. The average molecular weight is 249 g/mol. The summed E-state index contributed by atoms with van der Waals surface area (Å²) in [6.45, 7) is 7.82. The lowest BCUT2D eigenvalue weighted by Crippen LogP contribution is -2.39. The van der Waals surface area contributed by atoms with Crippen LogP contribution in [0.15, 0.2) is 43.0 Å². The number of nitrogens with one attached hydrogen (secondary N) is 1. The Kier molecular flexibility index (Phi) is 5.55. The van der Waals surface area contributed by atoms with Gasteiger partial charge in [-0.2, -0.15) is 5.48 Å². The second-order valence-corrected chi connectivity index (χ2v) is 4.48. The molecule has 0 unspecified atom stereocenters. The molecule has 0 aliphatic heterocycles. The quantitative estimate of drug-likeness (QED) is 0.348. The van der Waals surface area contributed by atoms with E-state index < -0.39 is 11.6 Å². The first-order valence-corrected chi connectivity index (χ1v) is 5.77. The van der Waals surface area contributed by atoms with Gasteiger partial charge in [0, 0.05) is 6.08 Å². The summed E-state index contributed by atoms with van der Waals surface area (Å²) in [5, 5.41) is 0. The fourth-order valence-electron chi connectivity index (χ4n) is 1.28. The minimum atomic E-state index is -0.637. The molecule has 0 atom stereocenters. The van der Waals surface area contributed by atoms with Gasteiger partial charge in [-0.25, -0.2) is 4.79 Å². The first-order chi connectivity index (χ1) is 8.53. The van der Waals surface area contributed by atoms with Gasteiger partial charge in [-0.05, 0) is 19.4 Å². The fraction of sp³-hybridized carbons (Fsp3) is 0.357. The molecule has 4 nitrogen and oxygen atoms in total. The van der Waals surface area contributed by atoms with E-state index in [9.17, 15) is 4.79 Å². The van der Waals surface area contributed by atoms with Crippen LogP contribution in [0, 0.1) is 0 Å². The molecule has 1 rings (SSSR count). The standard InChI is InChI=1S/C14H19NO3/c1-4-13(16)18-14(2,3)11-15-17-10-12-8-6-5-7-9-12/h4-9,15H,1,10-11H2,2-3H3. The zero-order valence-electron chi connectivity index (χ0n) is 10.8. The number of ether oxygens (including phenoxy) is 1. The Hall–Kier alpha value is -1.65. The van der Waals surface area contributed by atoms with Crippen molar-refractivity contribution in [3.63, 3.8) is 0 Å².